The highest BCUT2D eigenvalue weighted by Gasteiger charge is 2.48. The first kappa shape index (κ1) is 19.6. The SMILES string of the molecule is CCc1ccc(C2/C(=C(\O)c3ccc(C)cc3)C(=O)C(=O)N2c2cc(C)on2)cc1. The molecule has 0 aliphatic carbocycles. The molecule has 30 heavy (non-hydrogen) atoms. The van der Waals surface area contributed by atoms with Crippen molar-refractivity contribution < 1.29 is 19.2 Å². The van der Waals surface area contributed by atoms with Crippen LogP contribution >= 0.6 is 0 Å². The Hall–Kier alpha value is -3.67. The first-order valence-electron chi connectivity index (χ1n) is 9.81. The lowest BCUT2D eigenvalue weighted by Gasteiger charge is -2.23. The van der Waals surface area contributed by atoms with Crippen molar-refractivity contribution >= 4 is 23.3 Å². The molecule has 4 rings (SSSR count). The summed E-state index contributed by atoms with van der Waals surface area (Å²) in [5, 5.41) is 15.0. The molecule has 6 heteroatoms. The maximum Gasteiger partial charge on any atom is 0.301 e. The number of aromatic nitrogens is 1. The summed E-state index contributed by atoms with van der Waals surface area (Å²) >= 11 is 0. The van der Waals surface area contributed by atoms with Gasteiger partial charge in [-0.25, -0.2) is 0 Å². The highest BCUT2D eigenvalue weighted by molar-refractivity contribution is 6.51. The highest BCUT2D eigenvalue weighted by Crippen LogP contribution is 2.41. The van der Waals surface area contributed by atoms with E-state index < -0.39 is 17.7 Å². The number of carbonyl (C=O) groups is 2. The van der Waals surface area contributed by atoms with E-state index in [9.17, 15) is 14.7 Å². The molecule has 1 amide bonds. The van der Waals surface area contributed by atoms with E-state index in [1.165, 1.54) is 4.90 Å². The molecule has 0 saturated carbocycles. The van der Waals surface area contributed by atoms with E-state index in [2.05, 4.69) is 12.1 Å². The van der Waals surface area contributed by atoms with E-state index in [4.69, 9.17) is 4.52 Å². The smallest absolute Gasteiger partial charge is 0.301 e. The third-order valence-corrected chi connectivity index (χ3v) is 5.34. The second kappa shape index (κ2) is 7.63. The molecule has 2 heterocycles. The number of hydrogen-bond acceptors (Lipinski definition) is 5. The number of Topliss-reactive ketones (excluding diaryl/α,β-unsaturated/α-hetero) is 1. The summed E-state index contributed by atoms with van der Waals surface area (Å²) in [7, 11) is 0. The zero-order valence-electron chi connectivity index (χ0n) is 17.0. The van der Waals surface area contributed by atoms with E-state index in [1.807, 2.05) is 43.3 Å². The van der Waals surface area contributed by atoms with Gasteiger partial charge in [0.1, 0.15) is 11.5 Å². The summed E-state index contributed by atoms with van der Waals surface area (Å²) in [6, 6.07) is 15.6. The van der Waals surface area contributed by atoms with Gasteiger partial charge in [0.2, 0.25) is 0 Å². The summed E-state index contributed by atoms with van der Waals surface area (Å²) in [5.74, 6) is -0.951. The Morgan fingerprint density at radius 3 is 2.30 bits per heavy atom. The maximum atomic E-state index is 13.0. The zero-order chi connectivity index (χ0) is 21.4. The van der Waals surface area contributed by atoms with Crippen molar-refractivity contribution in [2.24, 2.45) is 0 Å². The number of rotatable bonds is 4. The van der Waals surface area contributed by atoms with Crippen molar-refractivity contribution in [1.29, 1.82) is 0 Å². The average molecular weight is 402 g/mol. The van der Waals surface area contributed by atoms with Gasteiger partial charge < -0.3 is 9.63 Å². The van der Waals surface area contributed by atoms with Gasteiger partial charge >= 0.3 is 5.91 Å². The zero-order valence-corrected chi connectivity index (χ0v) is 17.0. The van der Waals surface area contributed by atoms with Gasteiger partial charge in [0.05, 0.1) is 11.6 Å². The number of aryl methyl sites for hydroxylation is 3. The topological polar surface area (TPSA) is 83.6 Å². The first-order chi connectivity index (χ1) is 14.4. The van der Waals surface area contributed by atoms with Crippen molar-refractivity contribution in [3.8, 4) is 0 Å². The van der Waals surface area contributed by atoms with Crippen LogP contribution in [0.5, 0.6) is 0 Å². The predicted molar refractivity (Wildman–Crippen MR) is 113 cm³/mol. The summed E-state index contributed by atoms with van der Waals surface area (Å²) in [6.45, 7) is 5.70. The van der Waals surface area contributed by atoms with Gasteiger partial charge in [0.25, 0.3) is 5.78 Å². The normalized spacial score (nSPS) is 18.2. The summed E-state index contributed by atoms with van der Waals surface area (Å²) < 4.78 is 5.14. The molecule has 1 atom stereocenters. The molecule has 1 unspecified atom stereocenters. The van der Waals surface area contributed by atoms with Crippen LogP contribution in [0.2, 0.25) is 0 Å². The minimum absolute atomic E-state index is 0.0359. The van der Waals surface area contributed by atoms with Gasteiger partial charge in [-0.05, 0) is 31.4 Å². The number of carbonyl (C=O) groups excluding carboxylic acids is 2. The van der Waals surface area contributed by atoms with Crippen molar-refractivity contribution in [3.05, 3.63) is 88.2 Å². The summed E-state index contributed by atoms with van der Waals surface area (Å²) in [4.78, 5) is 27.3. The molecule has 1 N–H and O–H groups in total. The number of anilines is 1. The standard InChI is InChI=1S/C24H22N2O4/c1-4-16-7-11-17(12-8-16)21-20(22(27)18-9-5-14(2)6-10-18)23(28)24(29)26(21)19-13-15(3)30-25-19/h5-13,21,27H,4H2,1-3H3/b22-20+. The van der Waals surface area contributed by atoms with Crippen molar-refractivity contribution in [3.63, 3.8) is 0 Å². The van der Waals surface area contributed by atoms with E-state index in [0.717, 1.165) is 17.5 Å². The number of amides is 1. The molecular formula is C24H22N2O4. The Bertz CT molecular complexity index is 1140. The molecule has 0 radical (unpaired) electrons. The van der Waals surface area contributed by atoms with Gasteiger partial charge in [-0.1, -0.05) is 66.2 Å². The molecular weight excluding hydrogens is 380 g/mol. The molecule has 0 spiro atoms. The number of aliphatic hydroxyl groups is 1. The average Bonchev–Trinajstić information content (AvgIpc) is 3.29. The second-order valence-corrected chi connectivity index (χ2v) is 7.43. The fourth-order valence-corrected chi connectivity index (χ4v) is 3.65. The fourth-order valence-electron chi connectivity index (χ4n) is 3.65. The molecule has 2 aromatic carbocycles. The van der Waals surface area contributed by atoms with Crippen LogP contribution in [0.3, 0.4) is 0 Å². The number of hydrogen-bond donors (Lipinski definition) is 1. The van der Waals surface area contributed by atoms with Gasteiger partial charge in [0, 0.05) is 11.6 Å². The molecule has 0 bridgehead atoms. The quantitative estimate of drug-likeness (QED) is 0.395. The number of ketones is 1. The molecule has 1 fully saturated rings. The monoisotopic (exact) mass is 402 g/mol. The molecule has 1 saturated heterocycles. The third kappa shape index (κ3) is 3.30. The van der Waals surface area contributed by atoms with Crippen LogP contribution in [0.15, 0.2) is 64.7 Å². The maximum absolute atomic E-state index is 13.0. The van der Waals surface area contributed by atoms with E-state index in [1.54, 1.807) is 25.1 Å². The van der Waals surface area contributed by atoms with E-state index in [0.29, 0.717) is 16.9 Å². The van der Waals surface area contributed by atoms with Crippen molar-refractivity contribution in [2.45, 2.75) is 33.2 Å². The fraction of sp³-hybridized carbons (Fsp3) is 0.208. The van der Waals surface area contributed by atoms with Crippen LogP contribution in [0.4, 0.5) is 5.82 Å². The summed E-state index contributed by atoms with van der Waals surface area (Å²) in [6.07, 6.45) is 0.867. The molecule has 1 aromatic heterocycles. The lowest BCUT2D eigenvalue weighted by molar-refractivity contribution is -0.132. The minimum Gasteiger partial charge on any atom is -0.507 e. The Morgan fingerprint density at radius 2 is 1.73 bits per heavy atom. The van der Waals surface area contributed by atoms with Gasteiger partial charge in [-0.15, -0.1) is 0 Å². The molecule has 6 nitrogen and oxygen atoms in total. The Labute approximate surface area is 174 Å². The Balaban J connectivity index is 1.92. The van der Waals surface area contributed by atoms with Crippen molar-refractivity contribution in [1.82, 2.24) is 5.16 Å². The second-order valence-electron chi connectivity index (χ2n) is 7.43. The Morgan fingerprint density at radius 1 is 1.07 bits per heavy atom. The van der Waals surface area contributed by atoms with Gasteiger partial charge in [0.15, 0.2) is 5.82 Å². The first-order valence-corrected chi connectivity index (χ1v) is 9.81. The van der Waals surface area contributed by atoms with Gasteiger partial charge in [-0.2, -0.15) is 0 Å². The van der Waals surface area contributed by atoms with Crippen LogP contribution in [-0.4, -0.2) is 22.0 Å². The van der Waals surface area contributed by atoms with Crippen LogP contribution in [0.1, 0.15) is 41.0 Å². The molecule has 3 aromatic rings. The lowest BCUT2D eigenvalue weighted by atomic mass is 9.94. The molecule has 1 aliphatic rings. The number of nitrogens with zero attached hydrogens (tertiary/aromatic N) is 2. The highest BCUT2D eigenvalue weighted by atomic mass is 16.5. The lowest BCUT2D eigenvalue weighted by Crippen LogP contribution is -2.29. The Kier molecular flexibility index (Phi) is 4.99. The van der Waals surface area contributed by atoms with Crippen LogP contribution in [-0.2, 0) is 16.0 Å². The van der Waals surface area contributed by atoms with Crippen LogP contribution < -0.4 is 4.90 Å². The van der Waals surface area contributed by atoms with E-state index >= 15 is 0 Å². The molecule has 152 valence electrons. The van der Waals surface area contributed by atoms with E-state index in [-0.39, 0.29) is 17.2 Å². The van der Waals surface area contributed by atoms with Crippen LogP contribution in [0.25, 0.3) is 5.76 Å². The van der Waals surface area contributed by atoms with Crippen LogP contribution in [0, 0.1) is 13.8 Å². The van der Waals surface area contributed by atoms with Crippen molar-refractivity contribution in [2.75, 3.05) is 4.90 Å². The molecule has 1 aliphatic heterocycles. The largest absolute Gasteiger partial charge is 0.507 e. The predicted octanol–water partition coefficient (Wildman–Crippen LogP) is 4.48. The third-order valence-electron chi connectivity index (χ3n) is 5.34. The number of aliphatic hydroxyl groups excluding tert-OH is 1. The van der Waals surface area contributed by atoms with Gasteiger partial charge in [-0.3, -0.25) is 14.5 Å². The minimum atomic E-state index is -0.804. The summed E-state index contributed by atoms with van der Waals surface area (Å²) in [5.41, 5.74) is 3.38. The number of benzene rings is 2.